The molecule has 1 atom stereocenters. The lowest BCUT2D eigenvalue weighted by Crippen LogP contribution is -2.33. The van der Waals surface area contributed by atoms with Gasteiger partial charge in [0.2, 0.25) is 0 Å². The fourth-order valence-electron chi connectivity index (χ4n) is 2.56. The fraction of sp³-hybridized carbons (Fsp3) is 0.143. The number of hydrogen-bond acceptors (Lipinski definition) is 5. The zero-order valence-electron chi connectivity index (χ0n) is 16.1. The first-order valence-corrected chi connectivity index (χ1v) is 9.66. The van der Waals surface area contributed by atoms with Gasteiger partial charge in [-0.15, -0.1) is 0 Å². The molecular formula is C21H17Cl2N5O2. The number of rotatable bonds is 6. The average Bonchev–Trinajstić information content (AvgIpc) is 3.02. The number of nitriles is 1. The molecule has 1 aromatic heterocycles. The van der Waals surface area contributed by atoms with Crippen molar-refractivity contribution in [3.8, 4) is 17.5 Å². The molecule has 1 unspecified atom stereocenters. The maximum absolute atomic E-state index is 12.2. The third-order valence-corrected chi connectivity index (χ3v) is 4.85. The minimum absolute atomic E-state index is 0.320. The van der Waals surface area contributed by atoms with Gasteiger partial charge in [-0.1, -0.05) is 35.3 Å². The van der Waals surface area contributed by atoms with E-state index in [9.17, 15) is 4.79 Å². The second kappa shape index (κ2) is 9.44. The van der Waals surface area contributed by atoms with Crippen LogP contribution in [-0.2, 0) is 4.79 Å². The van der Waals surface area contributed by atoms with Crippen LogP contribution in [0.4, 0.5) is 0 Å². The van der Waals surface area contributed by atoms with Crippen molar-refractivity contribution >= 4 is 35.3 Å². The summed E-state index contributed by atoms with van der Waals surface area (Å²) in [5.74, 6) is 0.0309. The summed E-state index contributed by atoms with van der Waals surface area (Å²) in [6.07, 6.45) is 0.627. The normalized spacial score (nSPS) is 11.8. The number of carbonyl (C=O) groups is 1. The Morgan fingerprint density at radius 1 is 1.27 bits per heavy atom. The molecule has 152 valence electrons. The van der Waals surface area contributed by atoms with Gasteiger partial charge >= 0.3 is 0 Å². The molecule has 0 fully saturated rings. The standard InChI is InChI=1S/C21H17Cl2N5O2/c1-13-17(20(23)28(27-13)19-6-4-3-5-18(19)22)12-25-26-21(29)14(2)30-16-9-7-15(11-24)8-10-16/h3-10,12,14H,1-2H3,(H,26,29)/b25-12+. The number of aryl methyl sites for hydroxylation is 1. The van der Waals surface area contributed by atoms with Crippen LogP contribution in [-0.4, -0.2) is 28.0 Å². The number of nitrogens with zero attached hydrogens (tertiary/aromatic N) is 4. The van der Waals surface area contributed by atoms with Crippen LogP contribution in [0.1, 0.15) is 23.7 Å². The van der Waals surface area contributed by atoms with E-state index in [0.717, 1.165) is 0 Å². The molecule has 0 radical (unpaired) electrons. The zero-order chi connectivity index (χ0) is 21.7. The second-order valence-corrected chi connectivity index (χ2v) is 7.05. The minimum Gasteiger partial charge on any atom is -0.481 e. The maximum atomic E-state index is 12.2. The van der Waals surface area contributed by atoms with Crippen molar-refractivity contribution in [3.05, 3.63) is 75.5 Å². The predicted octanol–water partition coefficient (Wildman–Crippen LogP) is 4.28. The van der Waals surface area contributed by atoms with E-state index in [0.29, 0.717) is 38.4 Å². The summed E-state index contributed by atoms with van der Waals surface area (Å²) >= 11 is 12.7. The Hall–Kier alpha value is -3.34. The number of aromatic nitrogens is 2. The topological polar surface area (TPSA) is 92.3 Å². The molecule has 0 aliphatic carbocycles. The maximum Gasteiger partial charge on any atom is 0.280 e. The summed E-state index contributed by atoms with van der Waals surface area (Å²) < 4.78 is 7.06. The number of carbonyl (C=O) groups excluding carboxylic acids is 1. The molecule has 3 rings (SSSR count). The number of hydrogen-bond donors (Lipinski definition) is 1. The van der Waals surface area contributed by atoms with E-state index in [-0.39, 0.29) is 0 Å². The Kier molecular flexibility index (Phi) is 6.72. The molecule has 0 aliphatic rings. The summed E-state index contributed by atoms with van der Waals surface area (Å²) in [7, 11) is 0. The van der Waals surface area contributed by atoms with Crippen LogP contribution in [0, 0.1) is 18.3 Å². The van der Waals surface area contributed by atoms with Crippen molar-refractivity contribution in [2.24, 2.45) is 5.10 Å². The van der Waals surface area contributed by atoms with E-state index in [2.05, 4.69) is 15.6 Å². The first-order chi connectivity index (χ1) is 14.4. The largest absolute Gasteiger partial charge is 0.481 e. The molecule has 0 bridgehead atoms. The third kappa shape index (κ3) is 4.79. The van der Waals surface area contributed by atoms with Crippen molar-refractivity contribution in [3.63, 3.8) is 0 Å². The summed E-state index contributed by atoms with van der Waals surface area (Å²) in [5, 5.41) is 18.0. The van der Waals surface area contributed by atoms with Crippen molar-refractivity contribution < 1.29 is 9.53 Å². The summed E-state index contributed by atoms with van der Waals surface area (Å²) in [6.45, 7) is 3.37. The predicted molar refractivity (Wildman–Crippen MR) is 115 cm³/mol. The zero-order valence-corrected chi connectivity index (χ0v) is 17.6. The highest BCUT2D eigenvalue weighted by Gasteiger charge is 2.16. The highest BCUT2D eigenvalue weighted by Crippen LogP contribution is 2.26. The molecular weight excluding hydrogens is 425 g/mol. The Morgan fingerprint density at radius 2 is 1.97 bits per heavy atom. The smallest absolute Gasteiger partial charge is 0.280 e. The Morgan fingerprint density at radius 3 is 2.63 bits per heavy atom. The molecule has 1 N–H and O–H groups in total. The first-order valence-electron chi connectivity index (χ1n) is 8.90. The Bertz CT molecular complexity index is 1130. The van der Waals surface area contributed by atoms with Gasteiger partial charge in [-0.25, -0.2) is 10.1 Å². The van der Waals surface area contributed by atoms with E-state index in [1.54, 1.807) is 50.2 Å². The molecule has 0 spiro atoms. The van der Waals surface area contributed by atoms with Crippen LogP contribution >= 0.6 is 23.2 Å². The van der Waals surface area contributed by atoms with Crippen LogP contribution in [0.2, 0.25) is 10.2 Å². The van der Waals surface area contributed by atoms with Crippen molar-refractivity contribution in [1.82, 2.24) is 15.2 Å². The highest BCUT2D eigenvalue weighted by atomic mass is 35.5. The monoisotopic (exact) mass is 441 g/mol. The molecule has 1 heterocycles. The number of nitrogens with one attached hydrogen (secondary N) is 1. The van der Waals surface area contributed by atoms with Crippen LogP contribution in [0.15, 0.2) is 53.6 Å². The van der Waals surface area contributed by atoms with Gasteiger partial charge in [0, 0.05) is 0 Å². The van der Waals surface area contributed by atoms with Crippen LogP contribution < -0.4 is 10.2 Å². The van der Waals surface area contributed by atoms with Gasteiger partial charge in [-0.3, -0.25) is 4.79 Å². The summed E-state index contributed by atoms with van der Waals surface area (Å²) in [6, 6.07) is 15.7. The minimum atomic E-state index is -0.794. The molecule has 30 heavy (non-hydrogen) atoms. The van der Waals surface area contributed by atoms with Gasteiger partial charge in [0.1, 0.15) is 10.9 Å². The van der Waals surface area contributed by atoms with Crippen LogP contribution in [0.5, 0.6) is 5.75 Å². The first kappa shape index (κ1) is 21.4. The van der Waals surface area contributed by atoms with Gasteiger partial charge in [0.15, 0.2) is 6.10 Å². The number of benzene rings is 2. The third-order valence-electron chi connectivity index (χ3n) is 4.16. The lowest BCUT2D eigenvalue weighted by Gasteiger charge is -2.12. The number of ether oxygens (including phenoxy) is 1. The van der Waals surface area contributed by atoms with Gasteiger partial charge < -0.3 is 4.74 Å². The summed E-state index contributed by atoms with van der Waals surface area (Å²) in [5.41, 5.74) is 4.75. The van der Waals surface area contributed by atoms with Crippen LogP contribution in [0.25, 0.3) is 5.69 Å². The number of hydrazone groups is 1. The summed E-state index contributed by atoms with van der Waals surface area (Å²) in [4.78, 5) is 12.2. The van der Waals surface area contributed by atoms with Gasteiger partial charge in [0.25, 0.3) is 5.91 Å². The highest BCUT2D eigenvalue weighted by molar-refractivity contribution is 6.34. The molecule has 0 saturated heterocycles. The molecule has 0 saturated carbocycles. The number of halogens is 2. The Balaban J connectivity index is 1.67. The quantitative estimate of drug-likeness (QED) is 0.456. The van der Waals surface area contributed by atoms with Crippen molar-refractivity contribution in [2.75, 3.05) is 0 Å². The van der Waals surface area contributed by atoms with Crippen molar-refractivity contribution in [1.29, 1.82) is 5.26 Å². The van der Waals surface area contributed by atoms with E-state index in [1.807, 2.05) is 18.2 Å². The number of amides is 1. The lowest BCUT2D eigenvalue weighted by molar-refractivity contribution is -0.127. The lowest BCUT2D eigenvalue weighted by atomic mass is 10.2. The Labute approximate surface area is 183 Å². The molecule has 7 nitrogen and oxygen atoms in total. The molecule has 2 aromatic carbocycles. The number of para-hydroxylation sites is 1. The molecule has 9 heteroatoms. The van der Waals surface area contributed by atoms with Gasteiger partial charge in [0.05, 0.1) is 39.8 Å². The van der Waals surface area contributed by atoms with E-state index in [4.69, 9.17) is 33.2 Å². The van der Waals surface area contributed by atoms with E-state index in [1.165, 1.54) is 10.9 Å². The van der Waals surface area contributed by atoms with E-state index < -0.39 is 12.0 Å². The molecule has 1 amide bonds. The average molecular weight is 442 g/mol. The van der Waals surface area contributed by atoms with Crippen molar-refractivity contribution in [2.45, 2.75) is 20.0 Å². The molecule has 0 aliphatic heterocycles. The van der Waals surface area contributed by atoms with Crippen LogP contribution in [0.3, 0.4) is 0 Å². The van der Waals surface area contributed by atoms with Gasteiger partial charge in [-0.2, -0.15) is 15.5 Å². The fourth-order valence-corrected chi connectivity index (χ4v) is 3.09. The van der Waals surface area contributed by atoms with Gasteiger partial charge in [-0.05, 0) is 50.2 Å². The molecule has 3 aromatic rings. The SMILES string of the molecule is Cc1nn(-c2ccccc2Cl)c(Cl)c1/C=N/NC(=O)C(C)Oc1ccc(C#N)cc1. The van der Waals surface area contributed by atoms with E-state index >= 15 is 0 Å². The second-order valence-electron chi connectivity index (χ2n) is 6.28.